The van der Waals surface area contributed by atoms with Gasteiger partial charge in [-0.25, -0.2) is 0 Å². The highest BCUT2D eigenvalue weighted by molar-refractivity contribution is 5.57. The zero-order valence-electron chi connectivity index (χ0n) is 11.2. The van der Waals surface area contributed by atoms with Crippen molar-refractivity contribution in [3.8, 4) is 0 Å². The molecule has 0 saturated heterocycles. The van der Waals surface area contributed by atoms with Gasteiger partial charge >= 0.3 is 0 Å². The molecule has 0 bridgehead atoms. The highest BCUT2D eigenvalue weighted by Gasteiger charge is 2.14. The number of nitro groups is 1. The molecule has 0 aliphatic heterocycles. The zero-order valence-corrected chi connectivity index (χ0v) is 11.2. The molecule has 0 fully saturated rings. The number of nitro benzene ring substituents is 1. The fourth-order valence-corrected chi connectivity index (χ4v) is 1.98. The summed E-state index contributed by atoms with van der Waals surface area (Å²) >= 11 is 0. The number of nitrogens with zero attached hydrogens (tertiary/aromatic N) is 1. The summed E-state index contributed by atoms with van der Waals surface area (Å²) < 4.78 is 0. The maximum absolute atomic E-state index is 10.9. The van der Waals surface area contributed by atoms with Gasteiger partial charge in [0.2, 0.25) is 0 Å². The van der Waals surface area contributed by atoms with Crippen molar-refractivity contribution in [1.82, 2.24) is 5.73 Å². The van der Waals surface area contributed by atoms with E-state index in [1.807, 2.05) is 0 Å². The monoisotopic (exact) mass is 249 g/mol. The van der Waals surface area contributed by atoms with Gasteiger partial charge in [0.05, 0.1) is 10.6 Å². The van der Waals surface area contributed by atoms with Crippen LogP contribution in [0.25, 0.3) is 0 Å². The van der Waals surface area contributed by atoms with E-state index in [1.165, 1.54) is 0 Å². The number of nitrogens with one attached hydrogen (secondary N) is 1. The summed E-state index contributed by atoms with van der Waals surface area (Å²) in [6.45, 7) is 4.16. The minimum absolute atomic E-state index is 0.128. The van der Waals surface area contributed by atoms with E-state index in [1.54, 1.807) is 12.1 Å². The summed E-state index contributed by atoms with van der Waals surface area (Å²) in [5.41, 5.74) is 10.4. The first kappa shape index (κ1) is 14.5. The molecule has 1 aromatic carbocycles. The number of benzene rings is 1. The number of unbranched alkanes of at least 4 members (excludes halogenated alkanes) is 2. The van der Waals surface area contributed by atoms with Crippen LogP contribution in [0.2, 0.25) is 0 Å². The molecule has 1 rings (SSSR count). The van der Waals surface area contributed by atoms with Crippen molar-refractivity contribution in [2.45, 2.75) is 52.4 Å². The molecule has 0 aliphatic carbocycles. The van der Waals surface area contributed by atoms with Crippen molar-refractivity contribution in [3.63, 3.8) is 0 Å². The van der Waals surface area contributed by atoms with E-state index in [2.05, 4.69) is 13.8 Å². The van der Waals surface area contributed by atoms with Crippen LogP contribution in [-0.4, -0.2) is 4.92 Å². The molecule has 4 nitrogen and oxygen atoms in total. The molecule has 0 aromatic heterocycles. The van der Waals surface area contributed by atoms with Crippen LogP contribution < -0.4 is 5.73 Å². The Morgan fingerprint density at radius 2 is 1.56 bits per heavy atom. The molecule has 0 aliphatic rings. The first-order valence-electron chi connectivity index (χ1n) is 6.61. The molecule has 1 radical (unpaired) electrons. The molecule has 0 saturated carbocycles. The largest absolute Gasteiger partial charge is 0.300 e. The second kappa shape index (κ2) is 6.99. The topological polar surface area (TPSA) is 66.9 Å². The van der Waals surface area contributed by atoms with Gasteiger partial charge in [0.1, 0.15) is 0 Å². The minimum atomic E-state index is -0.357. The van der Waals surface area contributed by atoms with Crippen LogP contribution in [-0.2, 0) is 12.8 Å². The van der Waals surface area contributed by atoms with Gasteiger partial charge in [-0.05, 0) is 36.8 Å². The van der Waals surface area contributed by atoms with Crippen molar-refractivity contribution >= 4 is 11.4 Å². The van der Waals surface area contributed by atoms with Gasteiger partial charge in [0.25, 0.3) is 5.69 Å². The number of rotatable bonds is 7. The van der Waals surface area contributed by atoms with Crippen molar-refractivity contribution in [3.05, 3.63) is 33.4 Å². The molecule has 18 heavy (non-hydrogen) atoms. The first-order chi connectivity index (χ1) is 8.60. The fourth-order valence-electron chi connectivity index (χ4n) is 1.98. The van der Waals surface area contributed by atoms with Crippen molar-refractivity contribution in [1.29, 1.82) is 0 Å². The first-order valence-corrected chi connectivity index (χ1v) is 6.61. The third kappa shape index (κ3) is 3.72. The van der Waals surface area contributed by atoms with Crippen LogP contribution in [0.4, 0.5) is 11.4 Å². The van der Waals surface area contributed by atoms with E-state index < -0.39 is 0 Å². The second-order valence-corrected chi connectivity index (χ2v) is 4.60. The Labute approximate surface area is 108 Å². The SMILES string of the molecule is CCCCc1cc([N+](=O)[O-])cc(CCCC)c1[NH]. The Kier molecular flexibility index (Phi) is 5.62. The van der Waals surface area contributed by atoms with Gasteiger partial charge in [-0.2, -0.15) is 0 Å². The highest BCUT2D eigenvalue weighted by Crippen LogP contribution is 2.28. The van der Waals surface area contributed by atoms with Gasteiger partial charge in [-0.3, -0.25) is 10.1 Å². The van der Waals surface area contributed by atoms with Crippen LogP contribution >= 0.6 is 0 Å². The Morgan fingerprint density at radius 1 is 1.11 bits per heavy atom. The molecule has 0 unspecified atom stereocenters. The van der Waals surface area contributed by atoms with Crippen molar-refractivity contribution in [2.75, 3.05) is 0 Å². The van der Waals surface area contributed by atoms with Gasteiger partial charge in [0.15, 0.2) is 0 Å². The van der Waals surface area contributed by atoms with E-state index in [0.29, 0.717) is 5.69 Å². The molecule has 1 N–H and O–H groups in total. The Hall–Kier alpha value is -1.58. The normalized spacial score (nSPS) is 10.6. The number of hydrogen-bond donors (Lipinski definition) is 0. The standard InChI is InChI=1S/C14H21N2O2/c1-3-5-7-11-9-13(16(17)18)10-12(14(11)15)8-6-4-2/h9-10,15H,3-8H2,1-2H3. The molecule has 4 heteroatoms. The lowest BCUT2D eigenvalue weighted by Gasteiger charge is -2.10. The summed E-state index contributed by atoms with van der Waals surface area (Å²) in [7, 11) is 0. The smallest absolute Gasteiger partial charge is 0.270 e. The molecule has 1 aromatic rings. The fraction of sp³-hybridized carbons (Fsp3) is 0.571. The van der Waals surface area contributed by atoms with Crippen LogP contribution in [0.15, 0.2) is 12.1 Å². The molecule has 0 atom stereocenters. The van der Waals surface area contributed by atoms with E-state index in [4.69, 9.17) is 5.73 Å². The predicted octanol–water partition coefficient (Wildman–Crippen LogP) is 4.19. The van der Waals surface area contributed by atoms with E-state index >= 15 is 0 Å². The summed E-state index contributed by atoms with van der Waals surface area (Å²) in [6, 6.07) is 3.13. The van der Waals surface area contributed by atoms with E-state index in [0.717, 1.165) is 49.7 Å². The maximum atomic E-state index is 10.9. The Balaban J connectivity index is 3.07. The van der Waals surface area contributed by atoms with Crippen molar-refractivity contribution < 1.29 is 4.92 Å². The summed E-state index contributed by atoms with van der Waals surface area (Å²) in [4.78, 5) is 10.6. The Bertz CT molecular complexity index is 387. The lowest BCUT2D eigenvalue weighted by atomic mass is 9.98. The molecule has 99 valence electrons. The number of aryl methyl sites for hydroxylation is 2. The van der Waals surface area contributed by atoms with Crippen LogP contribution in [0.3, 0.4) is 0 Å². The van der Waals surface area contributed by atoms with Crippen molar-refractivity contribution in [2.24, 2.45) is 0 Å². The summed E-state index contributed by atoms with van der Waals surface area (Å²) in [5.74, 6) is 0. The predicted molar refractivity (Wildman–Crippen MR) is 73.1 cm³/mol. The van der Waals surface area contributed by atoms with Gasteiger partial charge in [-0.15, -0.1) is 0 Å². The third-order valence-electron chi connectivity index (χ3n) is 3.10. The molecule has 0 spiro atoms. The van der Waals surface area contributed by atoms with Crippen LogP contribution in [0.5, 0.6) is 0 Å². The lowest BCUT2D eigenvalue weighted by Crippen LogP contribution is -1.98. The second-order valence-electron chi connectivity index (χ2n) is 4.60. The van der Waals surface area contributed by atoms with Gasteiger partial charge in [-0.1, -0.05) is 26.7 Å². The summed E-state index contributed by atoms with van der Waals surface area (Å²) in [5, 5.41) is 10.9. The minimum Gasteiger partial charge on any atom is -0.300 e. The quantitative estimate of drug-likeness (QED) is 0.537. The molecule has 0 amide bonds. The third-order valence-corrected chi connectivity index (χ3v) is 3.10. The Morgan fingerprint density at radius 3 is 1.89 bits per heavy atom. The van der Waals surface area contributed by atoms with Gasteiger partial charge in [0, 0.05) is 12.1 Å². The molecular weight excluding hydrogens is 228 g/mol. The lowest BCUT2D eigenvalue weighted by molar-refractivity contribution is -0.385. The summed E-state index contributed by atoms with van der Waals surface area (Å²) in [6.07, 6.45) is 5.53. The zero-order chi connectivity index (χ0) is 13.5. The van der Waals surface area contributed by atoms with Crippen LogP contribution in [0, 0.1) is 10.1 Å². The van der Waals surface area contributed by atoms with E-state index in [9.17, 15) is 10.1 Å². The molecule has 0 heterocycles. The molecular formula is C14H21N2O2. The van der Waals surface area contributed by atoms with E-state index in [-0.39, 0.29) is 10.6 Å². The average Bonchev–Trinajstić information content (AvgIpc) is 2.35. The average molecular weight is 249 g/mol. The highest BCUT2D eigenvalue weighted by atomic mass is 16.6. The van der Waals surface area contributed by atoms with Gasteiger partial charge < -0.3 is 5.73 Å². The van der Waals surface area contributed by atoms with Crippen LogP contribution in [0.1, 0.15) is 50.7 Å². The number of non-ortho nitro benzene ring substituents is 1. The maximum Gasteiger partial charge on any atom is 0.270 e. The number of hydrogen-bond acceptors (Lipinski definition) is 2.